The zero-order valence-electron chi connectivity index (χ0n) is 9.13. The normalized spacial score (nSPS) is 9.65. The summed E-state index contributed by atoms with van der Waals surface area (Å²) in [5, 5.41) is 6.60. The topological polar surface area (TPSA) is 49.8 Å². The number of benzene rings is 1. The highest BCUT2D eigenvalue weighted by Crippen LogP contribution is 1.99. The van der Waals surface area contributed by atoms with E-state index in [0.717, 1.165) is 0 Å². The maximum Gasteiger partial charge on any atom is 0.172 e. The largest absolute Gasteiger partial charge is 0.358 e. The molecule has 0 saturated heterocycles. The van der Waals surface area contributed by atoms with Crippen LogP contribution in [-0.2, 0) is 6.54 Å². The molecule has 5 heteroatoms. The van der Waals surface area contributed by atoms with Crippen molar-refractivity contribution in [3.05, 3.63) is 54.5 Å². The number of hydrogen-bond acceptors (Lipinski definition) is 3. The first-order valence-electron chi connectivity index (χ1n) is 5.19. The molecule has 17 heavy (non-hydrogen) atoms. The summed E-state index contributed by atoms with van der Waals surface area (Å²) in [6.45, 7) is 0.687. The van der Waals surface area contributed by atoms with E-state index in [4.69, 9.17) is 12.2 Å². The second-order valence-electron chi connectivity index (χ2n) is 3.38. The van der Waals surface area contributed by atoms with Gasteiger partial charge in [-0.1, -0.05) is 30.3 Å². The SMILES string of the molecule is S=C(NCc1ccccc1)Nc1cnccn1. The van der Waals surface area contributed by atoms with Crippen LogP contribution in [0.25, 0.3) is 0 Å². The van der Waals surface area contributed by atoms with Crippen LogP contribution in [0.15, 0.2) is 48.9 Å². The highest BCUT2D eigenvalue weighted by molar-refractivity contribution is 7.80. The van der Waals surface area contributed by atoms with Crippen LogP contribution >= 0.6 is 12.2 Å². The molecule has 2 aromatic rings. The highest BCUT2D eigenvalue weighted by Gasteiger charge is 1.98. The second kappa shape index (κ2) is 5.91. The van der Waals surface area contributed by atoms with Gasteiger partial charge in [0, 0.05) is 18.9 Å². The van der Waals surface area contributed by atoms with E-state index in [-0.39, 0.29) is 0 Å². The molecule has 0 aliphatic carbocycles. The summed E-state index contributed by atoms with van der Waals surface area (Å²) < 4.78 is 0. The number of hydrogen-bond donors (Lipinski definition) is 2. The lowest BCUT2D eigenvalue weighted by molar-refractivity contribution is 0.924. The van der Waals surface area contributed by atoms with Crippen molar-refractivity contribution in [1.82, 2.24) is 15.3 Å². The molecule has 0 saturated carbocycles. The maximum absolute atomic E-state index is 5.15. The van der Waals surface area contributed by atoms with Crippen LogP contribution in [0, 0.1) is 0 Å². The van der Waals surface area contributed by atoms with Crippen LogP contribution < -0.4 is 10.6 Å². The lowest BCUT2D eigenvalue weighted by Gasteiger charge is -2.09. The third-order valence-corrected chi connectivity index (χ3v) is 2.35. The van der Waals surface area contributed by atoms with Gasteiger partial charge in [0.05, 0.1) is 6.20 Å². The van der Waals surface area contributed by atoms with Crippen LogP contribution in [0.2, 0.25) is 0 Å². The fraction of sp³-hybridized carbons (Fsp3) is 0.0833. The molecular weight excluding hydrogens is 232 g/mol. The molecular formula is C12H12N4S. The number of nitrogens with zero attached hydrogens (tertiary/aromatic N) is 2. The van der Waals surface area contributed by atoms with Crippen molar-refractivity contribution >= 4 is 23.1 Å². The summed E-state index contributed by atoms with van der Waals surface area (Å²) in [6.07, 6.45) is 4.85. The van der Waals surface area contributed by atoms with Gasteiger partial charge in [-0.3, -0.25) is 4.98 Å². The van der Waals surface area contributed by atoms with E-state index in [9.17, 15) is 0 Å². The molecule has 0 spiro atoms. The molecule has 0 fully saturated rings. The van der Waals surface area contributed by atoms with Crippen molar-refractivity contribution in [3.8, 4) is 0 Å². The average molecular weight is 244 g/mol. The van der Waals surface area contributed by atoms with Crippen molar-refractivity contribution in [1.29, 1.82) is 0 Å². The minimum absolute atomic E-state index is 0.536. The Kier molecular flexibility index (Phi) is 3.99. The molecule has 0 unspecified atom stereocenters. The van der Waals surface area contributed by atoms with Crippen LogP contribution in [0.5, 0.6) is 0 Å². The quantitative estimate of drug-likeness (QED) is 0.808. The Morgan fingerprint density at radius 3 is 2.71 bits per heavy atom. The molecule has 0 atom stereocenters. The first kappa shape index (κ1) is 11.5. The van der Waals surface area contributed by atoms with Gasteiger partial charge in [-0.05, 0) is 17.8 Å². The summed E-state index contributed by atoms with van der Waals surface area (Å²) in [7, 11) is 0. The number of thiocarbonyl (C=S) groups is 1. The summed E-state index contributed by atoms with van der Waals surface area (Å²) in [4.78, 5) is 8.02. The van der Waals surface area contributed by atoms with Crippen molar-refractivity contribution in [2.75, 3.05) is 5.32 Å². The van der Waals surface area contributed by atoms with Gasteiger partial charge in [-0.15, -0.1) is 0 Å². The van der Waals surface area contributed by atoms with Gasteiger partial charge in [0.1, 0.15) is 0 Å². The zero-order valence-corrected chi connectivity index (χ0v) is 9.95. The van der Waals surface area contributed by atoms with Gasteiger partial charge in [0.2, 0.25) is 0 Å². The summed E-state index contributed by atoms with van der Waals surface area (Å²) in [5.74, 6) is 0.637. The average Bonchev–Trinajstić information content (AvgIpc) is 2.39. The van der Waals surface area contributed by atoms with E-state index in [1.807, 2.05) is 30.3 Å². The zero-order chi connectivity index (χ0) is 11.9. The summed E-state index contributed by atoms with van der Waals surface area (Å²) >= 11 is 5.15. The molecule has 2 rings (SSSR count). The monoisotopic (exact) mass is 244 g/mol. The van der Waals surface area contributed by atoms with E-state index in [0.29, 0.717) is 17.5 Å². The van der Waals surface area contributed by atoms with Crippen molar-refractivity contribution < 1.29 is 0 Å². The number of anilines is 1. The van der Waals surface area contributed by atoms with E-state index >= 15 is 0 Å². The smallest absolute Gasteiger partial charge is 0.172 e. The Morgan fingerprint density at radius 1 is 1.18 bits per heavy atom. The Hall–Kier alpha value is -2.01. The van der Waals surface area contributed by atoms with E-state index in [2.05, 4.69) is 20.6 Å². The first-order valence-corrected chi connectivity index (χ1v) is 5.60. The second-order valence-corrected chi connectivity index (χ2v) is 3.79. The predicted octanol–water partition coefficient (Wildman–Crippen LogP) is 1.96. The Bertz CT molecular complexity index is 472. The standard InChI is InChI=1S/C12H12N4S/c17-12(16-11-9-13-6-7-14-11)15-8-10-4-2-1-3-5-10/h1-7,9H,8H2,(H2,14,15,16,17). The molecule has 4 nitrogen and oxygen atoms in total. The Balaban J connectivity index is 1.83. The van der Waals surface area contributed by atoms with Gasteiger partial charge in [0.15, 0.2) is 10.9 Å². The van der Waals surface area contributed by atoms with Gasteiger partial charge >= 0.3 is 0 Å². The van der Waals surface area contributed by atoms with Crippen LogP contribution in [0.4, 0.5) is 5.82 Å². The number of nitrogens with one attached hydrogen (secondary N) is 2. The molecule has 1 aromatic carbocycles. The molecule has 1 aromatic heterocycles. The van der Waals surface area contributed by atoms with E-state index in [1.54, 1.807) is 18.6 Å². The molecule has 2 N–H and O–H groups in total. The van der Waals surface area contributed by atoms with E-state index in [1.165, 1.54) is 5.56 Å². The van der Waals surface area contributed by atoms with Crippen LogP contribution in [-0.4, -0.2) is 15.1 Å². The van der Waals surface area contributed by atoms with Crippen LogP contribution in [0.3, 0.4) is 0 Å². The van der Waals surface area contributed by atoms with Crippen molar-refractivity contribution in [3.63, 3.8) is 0 Å². The van der Waals surface area contributed by atoms with Gasteiger partial charge in [0.25, 0.3) is 0 Å². The lowest BCUT2D eigenvalue weighted by atomic mass is 10.2. The highest BCUT2D eigenvalue weighted by atomic mass is 32.1. The van der Waals surface area contributed by atoms with Gasteiger partial charge in [-0.25, -0.2) is 4.98 Å². The lowest BCUT2D eigenvalue weighted by Crippen LogP contribution is -2.28. The minimum Gasteiger partial charge on any atom is -0.358 e. The molecule has 1 heterocycles. The Morgan fingerprint density at radius 2 is 2.00 bits per heavy atom. The molecule has 0 aliphatic rings. The molecule has 0 bridgehead atoms. The molecule has 0 aliphatic heterocycles. The fourth-order valence-corrected chi connectivity index (χ4v) is 1.48. The van der Waals surface area contributed by atoms with Crippen LogP contribution in [0.1, 0.15) is 5.56 Å². The van der Waals surface area contributed by atoms with Gasteiger partial charge < -0.3 is 10.6 Å². The van der Waals surface area contributed by atoms with Crippen molar-refractivity contribution in [2.24, 2.45) is 0 Å². The Labute approximate surface area is 105 Å². The molecule has 0 radical (unpaired) electrons. The van der Waals surface area contributed by atoms with Crippen molar-refractivity contribution in [2.45, 2.75) is 6.54 Å². The van der Waals surface area contributed by atoms with Gasteiger partial charge in [-0.2, -0.15) is 0 Å². The summed E-state index contributed by atoms with van der Waals surface area (Å²) in [6, 6.07) is 10.1. The predicted molar refractivity (Wildman–Crippen MR) is 71.5 cm³/mol. The first-order chi connectivity index (χ1) is 8.34. The summed E-state index contributed by atoms with van der Waals surface area (Å²) in [5.41, 5.74) is 1.18. The van der Waals surface area contributed by atoms with E-state index < -0.39 is 0 Å². The fourth-order valence-electron chi connectivity index (χ4n) is 1.30. The number of aromatic nitrogens is 2. The maximum atomic E-state index is 5.15. The number of rotatable bonds is 3. The third-order valence-electron chi connectivity index (χ3n) is 2.10. The molecule has 0 amide bonds. The molecule has 86 valence electrons. The third kappa shape index (κ3) is 3.81. The minimum atomic E-state index is 0.536.